The number of anilines is 2. The number of carbonyl (C=O) groups is 1. The van der Waals surface area contributed by atoms with E-state index in [2.05, 4.69) is 10.3 Å². The Labute approximate surface area is 213 Å². The van der Waals surface area contributed by atoms with E-state index in [1.165, 1.54) is 41.4 Å². The van der Waals surface area contributed by atoms with Crippen molar-refractivity contribution in [1.29, 1.82) is 0 Å². The summed E-state index contributed by atoms with van der Waals surface area (Å²) in [5, 5.41) is 12.4. The zero-order valence-electron chi connectivity index (χ0n) is 20.2. The number of pyridine rings is 1. The molecule has 1 aromatic heterocycles. The topological polar surface area (TPSA) is 101 Å². The van der Waals surface area contributed by atoms with Gasteiger partial charge in [-0.05, 0) is 54.7 Å². The third-order valence-electron chi connectivity index (χ3n) is 6.35. The zero-order chi connectivity index (χ0) is 26.4. The summed E-state index contributed by atoms with van der Waals surface area (Å²) in [7, 11) is 0. The first-order chi connectivity index (χ1) is 17.9. The highest BCUT2D eigenvalue weighted by Crippen LogP contribution is 2.34. The number of amides is 1. The van der Waals surface area contributed by atoms with Gasteiger partial charge >= 0.3 is 0 Å². The first kappa shape index (κ1) is 26.7. The van der Waals surface area contributed by atoms with Gasteiger partial charge in [-0.25, -0.2) is 13.2 Å². The van der Waals surface area contributed by atoms with Gasteiger partial charge in [0.15, 0.2) is 0 Å². The van der Waals surface area contributed by atoms with Crippen molar-refractivity contribution in [2.75, 3.05) is 31.2 Å². The molecule has 0 aliphatic carbocycles. The lowest BCUT2D eigenvalue weighted by Gasteiger charge is -2.30. The Balaban J connectivity index is 1.69. The van der Waals surface area contributed by atoms with Crippen molar-refractivity contribution in [3.8, 4) is 0 Å². The van der Waals surface area contributed by atoms with Crippen LogP contribution in [0.15, 0.2) is 54.9 Å². The second-order valence-electron chi connectivity index (χ2n) is 8.91. The standard InChI is InChI=1S/C27H29F3N4O3/c28-19-4-1-17(2-5-19)9-18-3-6-20(29)10-25(18)34(27(36)11-31)26-14-32-13-24(30)23(26)8-7-22-12-33-21(15-35)16-37-22/h1-6,10,13-14,21-22,33,35H,7-9,11-12,15-16,31H2. The highest BCUT2D eigenvalue weighted by atomic mass is 19.1. The molecule has 4 rings (SSSR count). The summed E-state index contributed by atoms with van der Waals surface area (Å²) in [5.74, 6) is -2.15. The normalized spacial score (nSPS) is 17.5. The Morgan fingerprint density at radius 3 is 2.54 bits per heavy atom. The summed E-state index contributed by atoms with van der Waals surface area (Å²) in [6.45, 7) is 0.381. The van der Waals surface area contributed by atoms with E-state index in [9.17, 15) is 18.7 Å². The zero-order valence-corrected chi connectivity index (χ0v) is 20.2. The van der Waals surface area contributed by atoms with E-state index in [0.717, 1.165) is 11.8 Å². The van der Waals surface area contributed by atoms with Crippen molar-refractivity contribution in [3.63, 3.8) is 0 Å². The van der Waals surface area contributed by atoms with Crippen LogP contribution in [-0.4, -0.2) is 54.4 Å². The van der Waals surface area contributed by atoms with E-state index >= 15 is 4.39 Å². The van der Waals surface area contributed by atoms with Gasteiger partial charge in [0.05, 0.1) is 55.7 Å². The predicted molar refractivity (Wildman–Crippen MR) is 133 cm³/mol. The molecule has 2 aromatic carbocycles. The van der Waals surface area contributed by atoms with Gasteiger partial charge in [0.25, 0.3) is 0 Å². The molecular formula is C27H29F3N4O3. The smallest absolute Gasteiger partial charge is 0.245 e. The Morgan fingerprint density at radius 2 is 1.86 bits per heavy atom. The molecule has 37 heavy (non-hydrogen) atoms. The fourth-order valence-electron chi connectivity index (χ4n) is 4.37. The number of benzene rings is 2. The van der Waals surface area contributed by atoms with E-state index in [-0.39, 0.29) is 54.3 Å². The molecule has 7 nitrogen and oxygen atoms in total. The summed E-state index contributed by atoms with van der Waals surface area (Å²) in [6.07, 6.45) is 3.14. The van der Waals surface area contributed by atoms with Crippen LogP contribution in [0.4, 0.5) is 24.5 Å². The van der Waals surface area contributed by atoms with Crippen LogP contribution in [-0.2, 0) is 22.4 Å². The number of carbonyl (C=O) groups excluding carboxylic acids is 1. The summed E-state index contributed by atoms with van der Waals surface area (Å²) in [4.78, 5) is 18.3. The molecule has 196 valence electrons. The third kappa shape index (κ3) is 6.53. The monoisotopic (exact) mass is 514 g/mol. The minimum Gasteiger partial charge on any atom is -0.395 e. The van der Waals surface area contributed by atoms with Crippen molar-refractivity contribution < 1.29 is 27.8 Å². The van der Waals surface area contributed by atoms with Crippen LogP contribution < -0.4 is 16.0 Å². The molecule has 1 aliphatic rings. The van der Waals surface area contributed by atoms with Crippen molar-refractivity contribution in [2.45, 2.75) is 31.4 Å². The van der Waals surface area contributed by atoms with E-state index in [1.807, 2.05) is 0 Å². The first-order valence-corrected chi connectivity index (χ1v) is 12.0. The number of nitrogens with two attached hydrogens (primary N) is 1. The van der Waals surface area contributed by atoms with Crippen molar-refractivity contribution in [2.24, 2.45) is 5.73 Å². The van der Waals surface area contributed by atoms with Crippen molar-refractivity contribution >= 4 is 17.3 Å². The number of halogens is 3. The molecular weight excluding hydrogens is 485 g/mol. The summed E-state index contributed by atoms with van der Waals surface area (Å²) in [5.41, 5.74) is 7.63. The largest absolute Gasteiger partial charge is 0.395 e. The van der Waals surface area contributed by atoms with Gasteiger partial charge in [0, 0.05) is 12.1 Å². The number of aliphatic hydroxyl groups is 1. The molecule has 1 aliphatic heterocycles. The minimum absolute atomic E-state index is 0.0418. The fourth-order valence-corrected chi connectivity index (χ4v) is 4.37. The third-order valence-corrected chi connectivity index (χ3v) is 6.35. The number of aliphatic hydroxyl groups excluding tert-OH is 1. The lowest BCUT2D eigenvalue weighted by molar-refractivity contribution is -0.116. The molecule has 2 heterocycles. The Kier molecular flexibility index (Phi) is 8.88. The van der Waals surface area contributed by atoms with Crippen LogP contribution in [0.3, 0.4) is 0 Å². The number of aromatic nitrogens is 1. The SMILES string of the molecule is NCC(=O)N(c1cc(F)ccc1Cc1ccc(F)cc1)c1cncc(F)c1CCC1CNC(CO)CO1. The van der Waals surface area contributed by atoms with Gasteiger partial charge in [-0.3, -0.25) is 14.7 Å². The molecule has 3 aromatic rings. The number of rotatable bonds is 9. The molecule has 2 atom stereocenters. The minimum atomic E-state index is -0.610. The molecule has 10 heteroatoms. The van der Waals surface area contributed by atoms with Crippen LogP contribution >= 0.6 is 0 Å². The van der Waals surface area contributed by atoms with Crippen LogP contribution in [0, 0.1) is 17.5 Å². The van der Waals surface area contributed by atoms with Gasteiger partial charge in [0.1, 0.15) is 17.5 Å². The lowest BCUT2D eigenvalue weighted by atomic mass is 10.00. The molecule has 0 spiro atoms. The lowest BCUT2D eigenvalue weighted by Crippen LogP contribution is -2.48. The Bertz CT molecular complexity index is 1220. The van der Waals surface area contributed by atoms with Gasteiger partial charge in [-0.1, -0.05) is 18.2 Å². The van der Waals surface area contributed by atoms with E-state index in [1.54, 1.807) is 12.1 Å². The maximum atomic E-state index is 15.1. The fraction of sp³-hybridized carbons (Fsp3) is 0.333. The number of hydrogen-bond acceptors (Lipinski definition) is 6. The van der Waals surface area contributed by atoms with Gasteiger partial charge in [-0.2, -0.15) is 0 Å². The number of nitrogens with zero attached hydrogens (tertiary/aromatic N) is 2. The highest BCUT2D eigenvalue weighted by Gasteiger charge is 2.27. The van der Waals surface area contributed by atoms with E-state index in [0.29, 0.717) is 25.1 Å². The number of nitrogens with one attached hydrogen (secondary N) is 1. The molecule has 2 unspecified atom stereocenters. The Hall–Kier alpha value is -3.31. The second-order valence-corrected chi connectivity index (χ2v) is 8.91. The molecule has 4 N–H and O–H groups in total. The van der Waals surface area contributed by atoms with Crippen LogP contribution in [0.2, 0.25) is 0 Å². The Morgan fingerprint density at radius 1 is 1.11 bits per heavy atom. The highest BCUT2D eigenvalue weighted by molar-refractivity contribution is 6.02. The molecule has 0 bridgehead atoms. The van der Waals surface area contributed by atoms with Crippen molar-refractivity contribution in [3.05, 3.63) is 89.0 Å². The average Bonchev–Trinajstić information content (AvgIpc) is 2.91. The van der Waals surface area contributed by atoms with Crippen LogP contribution in [0.5, 0.6) is 0 Å². The summed E-state index contributed by atoms with van der Waals surface area (Å²) < 4.78 is 48.7. The maximum Gasteiger partial charge on any atom is 0.245 e. The molecule has 1 fully saturated rings. The van der Waals surface area contributed by atoms with Crippen molar-refractivity contribution in [1.82, 2.24) is 10.3 Å². The van der Waals surface area contributed by atoms with E-state index < -0.39 is 24.1 Å². The average molecular weight is 515 g/mol. The second kappa shape index (κ2) is 12.3. The molecule has 0 saturated carbocycles. The number of hydrogen-bond donors (Lipinski definition) is 3. The molecule has 0 radical (unpaired) electrons. The summed E-state index contributed by atoms with van der Waals surface area (Å²) >= 11 is 0. The number of morpholine rings is 1. The van der Waals surface area contributed by atoms with Gasteiger partial charge < -0.3 is 20.9 Å². The van der Waals surface area contributed by atoms with Crippen LogP contribution in [0.25, 0.3) is 0 Å². The predicted octanol–water partition coefficient (Wildman–Crippen LogP) is 3.00. The molecule has 1 saturated heterocycles. The van der Waals surface area contributed by atoms with Gasteiger partial charge in [0.2, 0.25) is 5.91 Å². The van der Waals surface area contributed by atoms with Crippen LogP contribution in [0.1, 0.15) is 23.1 Å². The van der Waals surface area contributed by atoms with E-state index in [4.69, 9.17) is 10.5 Å². The van der Waals surface area contributed by atoms with Gasteiger partial charge in [-0.15, -0.1) is 0 Å². The summed E-state index contributed by atoms with van der Waals surface area (Å²) in [6, 6.07) is 9.71. The maximum absolute atomic E-state index is 15.1. The molecule has 1 amide bonds. The quantitative estimate of drug-likeness (QED) is 0.406. The first-order valence-electron chi connectivity index (χ1n) is 12.0. The number of ether oxygens (including phenoxy) is 1.